The lowest BCUT2D eigenvalue weighted by atomic mass is 10.1. The van der Waals surface area contributed by atoms with Crippen molar-refractivity contribution in [3.8, 4) is 16.9 Å². The van der Waals surface area contributed by atoms with Gasteiger partial charge in [0.25, 0.3) is 5.56 Å². The van der Waals surface area contributed by atoms with Crippen molar-refractivity contribution in [3.05, 3.63) is 53.1 Å². The first-order valence-electron chi connectivity index (χ1n) is 5.39. The summed E-state index contributed by atoms with van der Waals surface area (Å²) in [4.78, 5) is 22.6. The molecule has 18 heavy (non-hydrogen) atoms. The van der Waals surface area contributed by atoms with Crippen LogP contribution in [0.4, 0.5) is 0 Å². The molecule has 0 aliphatic heterocycles. The molecule has 0 aliphatic carbocycles. The second-order valence-corrected chi connectivity index (χ2v) is 3.80. The number of H-pyrrole nitrogens is 1. The summed E-state index contributed by atoms with van der Waals surface area (Å²) < 4.78 is 0. The Morgan fingerprint density at radius 3 is 2.56 bits per heavy atom. The summed E-state index contributed by atoms with van der Waals surface area (Å²) in [6, 6.07) is 8.96. The van der Waals surface area contributed by atoms with Crippen molar-refractivity contribution in [2.24, 2.45) is 0 Å². The zero-order chi connectivity index (χ0) is 12.5. The van der Waals surface area contributed by atoms with Gasteiger partial charge in [0.2, 0.25) is 0 Å². The van der Waals surface area contributed by atoms with Crippen LogP contribution < -0.4 is 5.56 Å². The summed E-state index contributed by atoms with van der Waals surface area (Å²) in [5.41, 5.74) is 1.04. The molecular formula is C13H9N3O2. The SMILES string of the molecule is O=c1[nH]c2nccnc2c(O)c1-c1ccccc1. The summed E-state index contributed by atoms with van der Waals surface area (Å²) in [6.45, 7) is 0. The lowest BCUT2D eigenvalue weighted by Gasteiger charge is -2.05. The summed E-state index contributed by atoms with van der Waals surface area (Å²) >= 11 is 0. The minimum absolute atomic E-state index is 0.145. The number of rotatable bonds is 1. The maximum atomic E-state index is 12.0. The average Bonchev–Trinajstić information content (AvgIpc) is 2.40. The fraction of sp³-hybridized carbons (Fsp3) is 0. The smallest absolute Gasteiger partial charge is 0.261 e. The molecule has 88 valence electrons. The second-order valence-electron chi connectivity index (χ2n) is 3.80. The molecule has 0 spiro atoms. The van der Waals surface area contributed by atoms with Crippen LogP contribution in [0.2, 0.25) is 0 Å². The van der Waals surface area contributed by atoms with Crippen LogP contribution in [0.3, 0.4) is 0 Å². The van der Waals surface area contributed by atoms with Crippen molar-refractivity contribution >= 4 is 11.2 Å². The van der Waals surface area contributed by atoms with Gasteiger partial charge in [-0.1, -0.05) is 30.3 Å². The van der Waals surface area contributed by atoms with Gasteiger partial charge < -0.3 is 10.1 Å². The molecule has 0 unspecified atom stereocenters. The maximum absolute atomic E-state index is 12.0. The molecule has 0 saturated carbocycles. The fourth-order valence-electron chi connectivity index (χ4n) is 1.87. The minimum atomic E-state index is -0.383. The molecule has 0 radical (unpaired) electrons. The number of hydrogen-bond donors (Lipinski definition) is 2. The van der Waals surface area contributed by atoms with Gasteiger partial charge in [0.15, 0.2) is 11.4 Å². The molecule has 0 amide bonds. The molecule has 3 aromatic rings. The topological polar surface area (TPSA) is 78.9 Å². The summed E-state index contributed by atoms with van der Waals surface area (Å²) in [5, 5.41) is 10.2. The Morgan fingerprint density at radius 1 is 1.06 bits per heavy atom. The first-order chi connectivity index (χ1) is 8.77. The number of fused-ring (bicyclic) bond motifs is 1. The number of pyridine rings is 1. The van der Waals surface area contributed by atoms with E-state index in [9.17, 15) is 9.90 Å². The van der Waals surface area contributed by atoms with E-state index in [2.05, 4.69) is 15.0 Å². The molecule has 0 atom stereocenters. The molecule has 2 aromatic heterocycles. The van der Waals surface area contributed by atoms with Crippen LogP contribution in [0, 0.1) is 0 Å². The quantitative estimate of drug-likeness (QED) is 0.677. The van der Waals surface area contributed by atoms with Crippen LogP contribution in [0.15, 0.2) is 47.5 Å². The zero-order valence-corrected chi connectivity index (χ0v) is 9.29. The van der Waals surface area contributed by atoms with Gasteiger partial charge in [-0.25, -0.2) is 9.97 Å². The van der Waals surface area contributed by atoms with Crippen LogP contribution in [-0.4, -0.2) is 20.1 Å². The van der Waals surface area contributed by atoms with Crippen molar-refractivity contribution in [2.75, 3.05) is 0 Å². The number of aromatic hydroxyl groups is 1. The van der Waals surface area contributed by atoms with Gasteiger partial charge in [0.1, 0.15) is 5.52 Å². The molecule has 5 heteroatoms. The number of benzene rings is 1. The Balaban J connectivity index is 2.41. The van der Waals surface area contributed by atoms with Gasteiger partial charge in [-0.15, -0.1) is 0 Å². The van der Waals surface area contributed by atoms with Crippen molar-refractivity contribution in [1.29, 1.82) is 0 Å². The van der Waals surface area contributed by atoms with E-state index in [1.165, 1.54) is 12.4 Å². The normalized spacial score (nSPS) is 10.7. The highest BCUT2D eigenvalue weighted by Gasteiger charge is 2.14. The van der Waals surface area contributed by atoms with E-state index in [0.29, 0.717) is 5.56 Å². The second kappa shape index (κ2) is 3.96. The first-order valence-corrected chi connectivity index (χ1v) is 5.39. The van der Waals surface area contributed by atoms with Gasteiger partial charge in [0.05, 0.1) is 5.56 Å². The fourth-order valence-corrected chi connectivity index (χ4v) is 1.87. The molecule has 5 nitrogen and oxygen atoms in total. The third-order valence-electron chi connectivity index (χ3n) is 2.68. The zero-order valence-electron chi connectivity index (χ0n) is 9.29. The Bertz CT molecular complexity index is 766. The van der Waals surface area contributed by atoms with E-state index in [-0.39, 0.29) is 28.0 Å². The first kappa shape index (κ1) is 10.5. The van der Waals surface area contributed by atoms with E-state index in [1.54, 1.807) is 24.3 Å². The van der Waals surface area contributed by atoms with Crippen LogP contribution in [-0.2, 0) is 0 Å². The molecule has 0 bridgehead atoms. The maximum Gasteiger partial charge on any atom is 0.261 e. The van der Waals surface area contributed by atoms with Crippen molar-refractivity contribution < 1.29 is 5.11 Å². The lowest BCUT2D eigenvalue weighted by molar-refractivity contribution is 0.481. The van der Waals surface area contributed by atoms with Crippen molar-refractivity contribution in [3.63, 3.8) is 0 Å². The molecule has 3 rings (SSSR count). The highest BCUT2D eigenvalue weighted by Crippen LogP contribution is 2.29. The van der Waals surface area contributed by atoms with E-state index in [1.807, 2.05) is 6.07 Å². The van der Waals surface area contributed by atoms with Crippen LogP contribution in [0.25, 0.3) is 22.3 Å². The van der Waals surface area contributed by atoms with Gasteiger partial charge in [0, 0.05) is 12.4 Å². The van der Waals surface area contributed by atoms with E-state index in [0.717, 1.165) is 0 Å². The molecule has 0 fully saturated rings. The number of hydrogen-bond acceptors (Lipinski definition) is 4. The van der Waals surface area contributed by atoms with Crippen LogP contribution in [0.1, 0.15) is 0 Å². The Kier molecular flexibility index (Phi) is 2.30. The highest BCUT2D eigenvalue weighted by molar-refractivity contribution is 5.86. The Morgan fingerprint density at radius 2 is 1.78 bits per heavy atom. The van der Waals surface area contributed by atoms with Gasteiger partial charge in [-0.3, -0.25) is 4.79 Å². The third-order valence-corrected chi connectivity index (χ3v) is 2.68. The number of nitrogens with one attached hydrogen (secondary N) is 1. The predicted molar refractivity (Wildman–Crippen MR) is 67.3 cm³/mol. The van der Waals surface area contributed by atoms with E-state index < -0.39 is 0 Å². The highest BCUT2D eigenvalue weighted by atomic mass is 16.3. The number of aromatic nitrogens is 3. The lowest BCUT2D eigenvalue weighted by Crippen LogP contribution is -2.10. The Labute approximate surface area is 102 Å². The standard InChI is InChI=1S/C13H9N3O2/c17-11-9(8-4-2-1-3-5-8)13(18)16-12-10(11)14-6-7-15-12/h1-7H,(H2,15,16,17,18). The van der Waals surface area contributed by atoms with E-state index >= 15 is 0 Å². The summed E-state index contributed by atoms with van der Waals surface area (Å²) in [5.74, 6) is -0.145. The third kappa shape index (κ3) is 1.53. The van der Waals surface area contributed by atoms with Gasteiger partial charge in [-0.2, -0.15) is 0 Å². The number of nitrogens with zero attached hydrogens (tertiary/aromatic N) is 2. The predicted octanol–water partition coefficient (Wildman–Crippen LogP) is 1.69. The number of aromatic amines is 1. The van der Waals surface area contributed by atoms with Crippen LogP contribution in [0.5, 0.6) is 5.75 Å². The summed E-state index contributed by atoms with van der Waals surface area (Å²) in [6.07, 6.45) is 2.93. The molecule has 2 heterocycles. The Hall–Kier alpha value is -2.69. The average molecular weight is 239 g/mol. The molecule has 0 saturated heterocycles. The molecule has 2 N–H and O–H groups in total. The molecule has 1 aromatic carbocycles. The summed E-state index contributed by atoms with van der Waals surface area (Å²) in [7, 11) is 0. The van der Waals surface area contributed by atoms with Crippen LogP contribution >= 0.6 is 0 Å². The van der Waals surface area contributed by atoms with Crippen molar-refractivity contribution in [2.45, 2.75) is 0 Å². The monoisotopic (exact) mass is 239 g/mol. The minimum Gasteiger partial charge on any atom is -0.505 e. The largest absolute Gasteiger partial charge is 0.505 e. The van der Waals surface area contributed by atoms with Gasteiger partial charge in [-0.05, 0) is 5.56 Å². The molecular weight excluding hydrogens is 230 g/mol. The van der Waals surface area contributed by atoms with Crippen molar-refractivity contribution in [1.82, 2.24) is 15.0 Å². The van der Waals surface area contributed by atoms with Gasteiger partial charge >= 0.3 is 0 Å². The van der Waals surface area contributed by atoms with E-state index in [4.69, 9.17) is 0 Å². The molecule has 0 aliphatic rings.